The van der Waals surface area contributed by atoms with E-state index in [4.69, 9.17) is 9.47 Å². The van der Waals surface area contributed by atoms with Crippen LogP contribution in [-0.2, 0) is 9.47 Å². The molecule has 0 bridgehead atoms. The van der Waals surface area contributed by atoms with Gasteiger partial charge in [0.05, 0.1) is 0 Å². The van der Waals surface area contributed by atoms with Crippen molar-refractivity contribution in [3.8, 4) is 0 Å². The van der Waals surface area contributed by atoms with E-state index in [0.29, 0.717) is 24.4 Å². The Kier molecular flexibility index (Phi) is 8.66. The van der Waals surface area contributed by atoms with Crippen molar-refractivity contribution >= 4 is 24.4 Å². The summed E-state index contributed by atoms with van der Waals surface area (Å²) in [4.78, 5) is 2.08. The molecule has 1 rings (SSSR count). The maximum atomic E-state index is 5.64. The summed E-state index contributed by atoms with van der Waals surface area (Å²) in [5, 5.41) is 0. The predicted octanol–water partition coefficient (Wildman–Crippen LogP) is 2.46. The average molecular weight is 381 g/mol. The SMILES string of the molecule is CCCC(OC)C(CC[C]([InH2])=C1C=CN(C)C=C1)OC. The van der Waals surface area contributed by atoms with Gasteiger partial charge in [-0.1, -0.05) is 0 Å². The number of allylic oxidation sites excluding steroid dienone is 4. The fraction of sp³-hybridized carbons (Fsp3) is 0.625. The second-order valence-corrected chi connectivity index (χ2v) is 8.85. The van der Waals surface area contributed by atoms with Gasteiger partial charge in [-0.3, -0.25) is 0 Å². The zero-order valence-electron chi connectivity index (χ0n) is 13.6. The molecular formula is C16H28InNO2. The van der Waals surface area contributed by atoms with Gasteiger partial charge in [-0.05, 0) is 0 Å². The molecule has 0 spiro atoms. The molecule has 0 aromatic rings. The molecule has 2 atom stereocenters. The maximum absolute atomic E-state index is 5.64. The van der Waals surface area contributed by atoms with E-state index in [2.05, 4.69) is 43.4 Å². The van der Waals surface area contributed by atoms with Gasteiger partial charge in [0.1, 0.15) is 0 Å². The summed E-state index contributed by atoms with van der Waals surface area (Å²) in [6.07, 6.45) is 13.5. The molecule has 0 fully saturated rings. The quantitative estimate of drug-likeness (QED) is 0.645. The Morgan fingerprint density at radius 2 is 1.70 bits per heavy atom. The number of hydrogen-bond donors (Lipinski definition) is 0. The molecule has 112 valence electrons. The summed E-state index contributed by atoms with van der Waals surface area (Å²) in [7, 11) is 5.64. The normalized spacial score (nSPS) is 17.4. The third-order valence-electron chi connectivity index (χ3n) is 3.87. The first kappa shape index (κ1) is 17.9. The van der Waals surface area contributed by atoms with Crippen LogP contribution in [0, 0.1) is 0 Å². The molecule has 0 aromatic carbocycles. The Morgan fingerprint density at radius 1 is 1.15 bits per heavy atom. The van der Waals surface area contributed by atoms with Gasteiger partial charge in [-0.2, -0.15) is 0 Å². The van der Waals surface area contributed by atoms with Crippen LogP contribution in [0.15, 0.2) is 33.5 Å². The number of rotatable bonds is 8. The summed E-state index contributed by atoms with van der Waals surface area (Å²) in [6.45, 7) is 2.19. The summed E-state index contributed by atoms with van der Waals surface area (Å²) < 4.78 is 12.8. The molecule has 1 heterocycles. The van der Waals surface area contributed by atoms with Crippen molar-refractivity contribution in [2.45, 2.75) is 44.8 Å². The number of hydrogen-bond acceptors (Lipinski definition) is 3. The van der Waals surface area contributed by atoms with Crippen LogP contribution >= 0.6 is 0 Å². The van der Waals surface area contributed by atoms with Gasteiger partial charge in [0.2, 0.25) is 0 Å². The third-order valence-corrected chi connectivity index (χ3v) is 6.94. The molecule has 20 heavy (non-hydrogen) atoms. The molecule has 0 aromatic heterocycles. The molecule has 0 saturated carbocycles. The van der Waals surface area contributed by atoms with Crippen molar-refractivity contribution in [1.29, 1.82) is 0 Å². The van der Waals surface area contributed by atoms with Crippen LogP contribution < -0.4 is 0 Å². The van der Waals surface area contributed by atoms with Crippen molar-refractivity contribution in [1.82, 2.24) is 4.90 Å². The summed E-state index contributed by atoms with van der Waals surface area (Å²) in [6, 6.07) is 0. The number of methoxy groups -OCH3 is 2. The molecule has 1 aliphatic rings. The Labute approximate surface area is 138 Å². The number of ether oxygens (including phenoxy) is 2. The van der Waals surface area contributed by atoms with Crippen LogP contribution in [0.5, 0.6) is 0 Å². The van der Waals surface area contributed by atoms with Crippen LogP contribution in [0.3, 0.4) is 0 Å². The molecule has 1 aliphatic heterocycles. The Balaban J connectivity index is 2.57. The Bertz CT molecular complexity index is 361. The van der Waals surface area contributed by atoms with Crippen LogP contribution in [0.4, 0.5) is 0 Å². The Morgan fingerprint density at radius 3 is 2.20 bits per heavy atom. The molecule has 0 amide bonds. The molecule has 0 N–H and O–H groups in total. The fourth-order valence-corrected chi connectivity index (χ4v) is 4.26. The van der Waals surface area contributed by atoms with Crippen molar-refractivity contribution < 1.29 is 9.47 Å². The second kappa shape index (κ2) is 9.69. The first-order chi connectivity index (χ1) is 9.62. The Hall–Kier alpha value is -0.190. The molecule has 3 nitrogen and oxygen atoms in total. The van der Waals surface area contributed by atoms with E-state index in [0.717, 1.165) is 25.7 Å². The van der Waals surface area contributed by atoms with Gasteiger partial charge < -0.3 is 0 Å². The molecule has 0 saturated heterocycles. The predicted molar refractivity (Wildman–Crippen MR) is 87.3 cm³/mol. The van der Waals surface area contributed by atoms with Crippen molar-refractivity contribution in [3.05, 3.63) is 33.5 Å². The van der Waals surface area contributed by atoms with Crippen molar-refractivity contribution in [2.24, 2.45) is 0 Å². The topological polar surface area (TPSA) is 21.7 Å². The van der Waals surface area contributed by atoms with Crippen LogP contribution in [-0.4, -0.2) is 62.7 Å². The van der Waals surface area contributed by atoms with Gasteiger partial charge in [-0.25, -0.2) is 0 Å². The molecular weight excluding hydrogens is 353 g/mol. The van der Waals surface area contributed by atoms with E-state index in [-0.39, 0.29) is 12.2 Å². The van der Waals surface area contributed by atoms with E-state index in [1.807, 2.05) is 0 Å². The molecule has 4 heteroatoms. The minimum atomic E-state index is 0.209. The fourth-order valence-electron chi connectivity index (χ4n) is 2.48. The van der Waals surface area contributed by atoms with Crippen LogP contribution in [0.1, 0.15) is 32.6 Å². The van der Waals surface area contributed by atoms with Gasteiger partial charge >= 0.3 is 138 Å². The van der Waals surface area contributed by atoms with E-state index in [9.17, 15) is 0 Å². The van der Waals surface area contributed by atoms with Crippen LogP contribution in [0.2, 0.25) is 0 Å². The molecule has 2 unspecified atom stereocenters. The van der Waals surface area contributed by atoms with Crippen LogP contribution in [0.25, 0.3) is 0 Å². The van der Waals surface area contributed by atoms with Crippen molar-refractivity contribution in [3.63, 3.8) is 0 Å². The van der Waals surface area contributed by atoms with Gasteiger partial charge in [0.25, 0.3) is 0 Å². The standard InChI is InChI=1S/C16H26NO2.In.2H/c1-5-7-15(18-3)16(19-4)9-6-8-14-10-12-17(2)13-11-14;;;/h10-13,15-16H,5-7,9H2,1-4H3;;;. The van der Waals surface area contributed by atoms with E-state index < -0.39 is 0 Å². The van der Waals surface area contributed by atoms with E-state index in [1.165, 1.54) is 5.57 Å². The second-order valence-electron chi connectivity index (χ2n) is 5.41. The zero-order valence-corrected chi connectivity index (χ0v) is 19.3. The first-order valence-electron chi connectivity index (χ1n) is 7.46. The van der Waals surface area contributed by atoms with Gasteiger partial charge in [0.15, 0.2) is 0 Å². The molecule has 0 aliphatic carbocycles. The average Bonchev–Trinajstić information content (AvgIpc) is 2.47. The van der Waals surface area contributed by atoms with Gasteiger partial charge in [0, 0.05) is 0 Å². The summed E-state index contributed by atoms with van der Waals surface area (Å²) in [5.74, 6) is 0. The van der Waals surface area contributed by atoms with E-state index >= 15 is 0 Å². The van der Waals surface area contributed by atoms with E-state index in [1.54, 1.807) is 17.5 Å². The monoisotopic (exact) mass is 381 g/mol. The first-order valence-corrected chi connectivity index (χ1v) is 10.3. The molecule has 0 radical (unpaired) electrons. The minimum absolute atomic E-state index is 0.209. The third kappa shape index (κ3) is 5.66. The van der Waals surface area contributed by atoms with Gasteiger partial charge in [-0.15, -0.1) is 0 Å². The summed E-state index contributed by atoms with van der Waals surface area (Å²) in [5.41, 5.74) is 1.40. The number of nitrogens with zero attached hydrogens (tertiary/aromatic N) is 1. The summed E-state index contributed by atoms with van der Waals surface area (Å²) >= 11 is 0.528. The van der Waals surface area contributed by atoms with Crippen molar-refractivity contribution in [2.75, 3.05) is 21.3 Å². The zero-order chi connectivity index (χ0) is 15.0.